The maximum atomic E-state index is 10.8. The average molecular weight is 191 g/mol. The van der Waals surface area contributed by atoms with E-state index in [1.165, 1.54) is 11.8 Å². The molecule has 70 valence electrons. The Hall–Kier alpha value is -0.710. The lowest BCUT2D eigenvalue weighted by Gasteiger charge is -1.99. The van der Waals surface area contributed by atoms with E-state index in [0.717, 1.165) is 0 Å². The van der Waals surface area contributed by atoms with Crippen molar-refractivity contribution < 1.29 is 14.7 Å². The number of carbonyl (C=O) groups is 2. The molecule has 2 N–H and O–H groups in total. The molecule has 0 saturated heterocycles. The van der Waals surface area contributed by atoms with Crippen LogP contribution in [0.4, 0.5) is 0 Å². The molecule has 12 heavy (non-hydrogen) atoms. The summed E-state index contributed by atoms with van der Waals surface area (Å²) < 4.78 is 0. The van der Waals surface area contributed by atoms with Crippen LogP contribution >= 0.6 is 11.8 Å². The molecule has 0 saturated carbocycles. The first-order valence-corrected chi connectivity index (χ1v) is 4.88. The summed E-state index contributed by atoms with van der Waals surface area (Å²) in [5, 5.41) is 10.9. The molecule has 0 aromatic heterocycles. The normalized spacial score (nSPS) is 9.42. The van der Waals surface area contributed by atoms with E-state index < -0.39 is 5.97 Å². The number of rotatable bonds is 6. The second kappa shape index (κ2) is 6.97. The van der Waals surface area contributed by atoms with Crippen molar-refractivity contribution >= 4 is 23.6 Å². The second-order valence-electron chi connectivity index (χ2n) is 2.15. The summed E-state index contributed by atoms with van der Waals surface area (Å²) in [5.74, 6) is -0.0144. The van der Waals surface area contributed by atoms with Gasteiger partial charge in [0.25, 0.3) is 0 Å². The van der Waals surface area contributed by atoms with Gasteiger partial charge in [0.2, 0.25) is 5.91 Å². The van der Waals surface area contributed by atoms with Crippen LogP contribution in [0.25, 0.3) is 0 Å². The van der Waals surface area contributed by atoms with E-state index in [2.05, 4.69) is 5.32 Å². The number of thioether (sulfide) groups is 1. The third-order valence-corrected chi connectivity index (χ3v) is 2.03. The third-order valence-electron chi connectivity index (χ3n) is 1.07. The maximum Gasteiger partial charge on any atom is 0.304 e. The zero-order valence-electron chi connectivity index (χ0n) is 7.00. The van der Waals surface area contributed by atoms with Crippen LogP contribution in [-0.2, 0) is 9.59 Å². The summed E-state index contributed by atoms with van der Waals surface area (Å²) in [6.45, 7) is 2.47. The van der Waals surface area contributed by atoms with Gasteiger partial charge in [0.1, 0.15) is 0 Å². The van der Waals surface area contributed by atoms with Gasteiger partial charge in [0.05, 0.1) is 12.2 Å². The van der Waals surface area contributed by atoms with E-state index in [4.69, 9.17) is 5.11 Å². The van der Waals surface area contributed by atoms with Crippen LogP contribution in [-0.4, -0.2) is 35.0 Å². The number of hydrogen-bond acceptors (Lipinski definition) is 3. The highest BCUT2D eigenvalue weighted by Gasteiger charge is 2.00. The summed E-state index contributed by atoms with van der Waals surface area (Å²) in [7, 11) is 0. The van der Waals surface area contributed by atoms with Crippen molar-refractivity contribution in [1.82, 2.24) is 5.32 Å². The van der Waals surface area contributed by atoms with Crippen molar-refractivity contribution in [3.63, 3.8) is 0 Å². The Morgan fingerprint density at radius 3 is 2.67 bits per heavy atom. The lowest BCUT2D eigenvalue weighted by atomic mass is 10.5. The Kier molecular flexibility index (Phi) is 6.55. The molecule has 0 radical (unpaired) electrons. The van der Waals surface area contributed by atoms with Crippen LogP contribution in [0.5, 0.6) is 0 Å². The number of carbonyl (C=O) groups excluding carboxylic acids is 1. The van der Waals surface area contributed by atoms with Gasteiger partial charge >= 0.3 is 5.97 Å². The van der Waals surface area contributed by atoms with Crippen molar-refractivity contribution in [2.45, 2.75) is 13.3 Å². The van der Waals surface area contributed by atoms with Gasteiger partial charge in [-0.3, -0.25) is 9.59 Å². The van der Waals surface area contributed by atoms with Gasteiger partial charge in [-0.05, 0) is 6.92 Å². The first-order chi connectivity index (χ1) is 5.66. The second-order valence-corrected chi connectivity index (χ2v) is 3.26. The molecule has 0 unspecified atom stereocenters. The minimum absolute atomic E-state index is 0.0344. The minimum Gasteiger partial charge on any atom is -0.481 e. The highest BCUT2D eigenvalue weighted by Crippen LogP contribution is 2.01. The summed E-state index contributed by atoms with van der Waals surface area (Å²) in [6.07, 6.45) is 0.115. The SMILES string of the molecule is CCNC(=O)CSCCC(=O)O. The fraction of sp³-hybridized carbons (Fsp3) is 0.714. The van der Waals surface area contributed by atoms with Crippen LogP contribution in [0.3, 0.4) is 0 Å². The van der Waals surface area contributed by atoms with Crippen LogP contribution < -0.4 is 5.32 Å². The van der Waals surface area contributed by atoms with E-state index in [1.54, 1.807) is 0 Å². The summed E-state index contributed by atoms with van der Waals surface area (Å²) >= 11 is 1.34. The van der Waals surface area contributed by atoms with Crippen molar-refractivity contribution in [2.24, 2.45) is 0 Å². The van der Waals surface area contributed by atoms with Crippen molar-refractivity contribution in [2.75, 3.05) is 18.1 Å². The molecule has 0 spiro atoms. The quantitative estimate of drug-likeness (QED) is 0.594. The first-order valence-electron chi connectivity index (χ1n) is 3.73. The standard InChI is InChI=1S/C7H13NO3S/c1-2-8-6(9)5-12-4-3-7(10)11/h2-5H2,1H3,(H,8,9)(H,10,11). The van der Waals surface area contributed by atoms with Crippen LogP contribution in [0.2, 0.25) is 0 Å². The van der Waals surface area contributed by atoms with Crippen molar-refractivity contribution in [3.05, 3.63) is 0 Å². The first kappa shape index (κ1) is 11.3. The van der Waals surface area contributed by atoms with Crippen LogP contribution in [0.1, 0.15) is 13.3 Å². The molecular formula is C7H13NO3S. The number of nitrogens with one attached hydrogen (secondary N) is 1. The maximum absolute atomic E-state index is 10.8. The minimum atomic E-state index is -0.821. The molecule has 0 rings (SSSR count). The highest BCUT2D eigenvalue weighted by atomic mass is 32.2. The predicted molar refractivity (Wildman–Crippen MR) is 48.3 cm³/mol. The van der Waals surface area contributed by atoms with E-state index in [1.807, 2.05) is 6.92 Å². The highest BCUT2D eigenvalue weighted by molar-refractivity contribution is 7.99. The molecular weight excluding hydrogens is 178 g/mol. The van der Waals surface area contributed by atoms with Crippen molar-refractivity contribution in [1.29, 1.82) is 0 Å². The van der Waals surface area contributed by atoms with Gasteiger partial charge in [-0.1, -0.05) is 0 Å². The number of carboxylic acid groups (broad SMARTS) is 1. The summed E-state index contributed by atoms with van der Waals surface area (Å²) in [6, 6.07) is 0. The topological polar surface area (TPSA) is 66.4 Å². The fourth-order valence-electron chi connectivity index (χ4n) is 0.573. The fourth-order valence-corrected chi connectivity index (χ4v) is 1.32. The molecule has 4 nitrogen and oxygen atoms in total. The number of aliphatic carboxylic acids is 1. The summed E-state index contributed by atoms with van der Waals surface area (Å²) in [5.41, 5.74) is 0. The lowest BCUT2D eigenvalue weighted by Crippen LogP contribution is -2.24. The van der Waals surface area contributed by atoms with Gasteiger partial charge in [-0.25, -0.2) is 0 Å². The monoisotopic (exact) mass is 191 g/mol. The van der Waals surface area contributed by atoms with Crippen LogP contribution in [0, 0.1) is 0 Å². The van der Waals surface area contributed by atoms with Gasteiger partial charge in [0.15, 0.2) is 0 Å². The van der Waals surface area contributed by atoms with Gasteiger partial charge < -0.3 is 10.4 Å². The van der Waals surface area contributed by atoms with Gasteiger partial charge in [0, 0.05) is 12.3 Å². The van der Waals surface area contributed by atoms with Gasteiger partial charge in [-0.15, -0.1) is 0 Å². The molecule has 0 bridgehead atoms. The summed E-state index contributed by atoms with van der Waals surface area (Å²) in [4.78, 5) is 20.9. The zero-order valence-corrected chi connectivity index (χ0v) is 7.82. The van der Waals surface area contributed by atoms with Crippen LogP contribution in [0.15, 0.2) is 0 Å². The Bertz CT molecular complexity index is 161. The molecule has 0 fully saturated rings. The van der Waals surface area contributed by atoms with E-state index in [-0.39, 0.29) is 12.3 Å². The molecule has 5 heteroatoms. The molecule has 0 aliphatic heterocycles. The average Bonchev–Trinajstić information content (AvgIpc) is 1.98. The van der Waals surface area contributed by atoms with E-state index in [9.17, 15) is 9.59 Å². The lowest BCUT2D eigenvalue weighted by molar-refractivity contribution is -0.136. The van der Waals surface area contributed by atoms with Crippen molar-refractivity contribution in [3.8, 4) is 0 Å². The molecule has 0 aliphatic rings. The van der Waals surface area contributed by atoms with Gasteiger partial charge in [-0.2, -0.15) is 11.8 Å². The molecule has 0 heterocycles. The largest absolute Gasteiger partial charge is 0.481 e. The van der Waals surface area contributed by atoms with E-state index >= 15 is 0 Å². The number of amides is 1. The Morgan fingerprint density at radius 2 is 2.17 bits per heavy atom. The zero-order chi connectivity index (χ0) is 9.40. The molecule has 0 aliphatic carbocycles. The smallest absolute Gasteiger partial charge is 0.304 e. The molecule has 0 aromatic carbocycles. The molecule has 1 amide bonds. The predicted octanol–water partition coefficient (Wildman–Crippen LogP) is 0.330. The Labute approximate surface area is 75.7 Å². The number of hydrogen-bond donors (Lipinski definition) is 2. The third kappa shape index (κ3) is 7.40. The van der Waals surface area contributed by atoms with E-state index in [0.29, 0.717) is 18.1 Å². The number of carboxylic acids is 1. The molecule has 0 atom stereocenters. The molecule has 0 aromatic rings. The Balaban J connectivity index is 3.19. The Morgan fingerprint density at radius 1 is 1.50 bits per heavy atom.